The molecule has 0 aliphatic rings. The minimum atomic E-state index is -0.137. The Kier molecular flexibility index (Phi) is 9.48. The maximum absolute atomic E-state index is 13.9. The lowest BCUT2D eigenvalue weighted by atomic mass is 10.1. The number of carbonyl (C=O) groups excluding carboxylic acids is 1. The van der Waals surface area contributed by atoms with Crippen molar-refractivity contribution in [1.82, 2.24) is 9.88 Å². The largest absolute Gasteiger partial charge is 0.492 e. The lowest BCUT2D eigenvalue weighted by Crippen LogP contribution is -2.33. The van der Waals surface area contributed by atoms with Gasteiger partial charge >= 0.3 is 0 Å². The number of ether oxygens (including phenoxy) is 2. The van der Waals surface area contributed by atoms with Crippen molar-refractivity contribution in [3.63, 3.8) is 0 Å². The topological polar surface area (TPSA) is 54.9 Å². The van der Waals surface area contributed by atoms with Crippen molar-refractivity contribution in [3.8, 4) is 17.2 Å². The van der Waals surface area contributed by atoms with E-state index in [1.807, 2.05) is 87.7 Å². The van der Waals surface area contributed by atoms with Crippen LogP contribution in [0.1, 0.15) is 23.7 Å². The van der Waals surface area contributed by atoms with Gasteiger partial charge in [0.25, 0.3) is 5.91 Å². The zero-order chi connectivity index (χ0) is 23.9. The molecule has 0 saturated carbocycles. The number of amides is 1. The Balaban J connectivity index is 0.00000342. The molecule has 0 radical (unpaired) electrons. The van der Waals surface area contributed by atoms with E-state index in [0.717, 1.165) is 28.9 Å². The molecule has 8 heteroatoms. The Morgan fingerprint density at radius 2 is 1.63 bits per heavy atom. The van der Waals surface area contributed by atoms with Crippen molar-refractivity contribution in [2.75, 3.05) is 38.7 Å². The molecule has 1 heterocycles. The summed E-state index contributed by atoms with van der Waals surface area (Å²) >= 11 is 1.50. The standard InChI is InChI=1S/C27H29N3O3S.ClH/c1-4-32-23-16-10-17-24-25(23)28-27(34-24)30(19-11-18-29(2)3)26(31)21-14-8-9-15-22(21)33-20-12-6-5-7-13-20;/h5-10,12-17H,4,11,18-19H2,1-3H3;1H. The lowest BCUT2D eigenvalue weighted by molar-refractivity contribution is 0.0983. The highest BCUT2D eigenvalue weighted by Gasteiger charge is 2.25. The second-order valence-corrected chi connectivity index (χ2v) is 9.07. The van der Waals surface area contributed by atoms with E-state index in [1.54, 1.807) is 11.0 Å². The number of para-hydroxylation sites is 3. The Hall–Kier alpha value is -3.13. The molecule has 4 rings (SSSR count). The van der Waals surface area contributed by atoms with Gasteiger partial charge in [-0.05, 0) is 70.4 Å². The number of fused-ring (bicyclic) bond motifs is 1. The Morgan fingerprint density at radius 1 is 0.914 bits per heavy atom. The highest BCUT2D eigenvalue weighted by molar-refractivity contribution is 7.22. The first kappa shape index (κ1) is 26.5. The van der Waals surface area contributed by atoms with Gasteiger partial charge < -0.3 is 14.4 Å². The molecule has 0 bridgehead atoms. The van der Waals surface area contributed by atoms with Gasteiger partial charge in [-0.2, -0.15) is 0 Å². The van der Waals surface area contributed by atoms with Crippen molar-refractivity contribution in [2.45, 2.75) is 13.3 Å². The van der Waals surface area contributed by atoms with Crippen molar-refractivity contribution in [1.29, 1.82) is 0 Å². The van der Waals surface area contributed by atoms with Crippen LogP contribution in [0, 0.1) is 0 Å². The number of anilines is 1. The van der Waals surface area contributed by atoms with Crippen molar-refractivity contribution in [3.05, 3.63) is 78.4 Å². The molecule has 0 unspecified atom stereocenters. The molecule has 0 N–H and O–H groups in total. The van der Waals surface area contributed by atoms with Crippen LogP contribution in [0.5, 0.6) is 17.2 Å². The average Bonchev–Trinajstić information content (AvgIpc) is 3.27. The zero-order valence-electron chi connectivity index (χ0n) is 20.1. The molecular formula is C27H30ClN3O3S. The number of hydrogen-bond acceptors (Lipinski definition) is 6. The quantitative estimate of drug-likeness (QED) is 0.243. The summed E-state index contributed by atoms with van der Waals surface area (Å²) in [5.74, 6) is 1.80. The minimum Gasteiger partial charge on any atom is -0.492 e. The molecule has 3 aromatic carbocycles. The van der Waals surface area contributed by atoms with Crippen LogP contribution in [0.3, 0.4) is 0 Å². The summed E-state index contributed by atoms with van der Waals surface area (Å²) in [6, 6.07) is 22.7. The van der Waals surface area contributed by atoms with E-state index in [9.17, 15) is 4.79 Å². The van der Waals surface area contributed by atoms with Crippen LogP contribution in [-0.4, -0.2) is 49.6 Å². The van der Waals surface area contributed by atoms with Crippen LogP contribution < -0.4 is 14.4 Å². The van der Waals surface area contributed by atoms with Gasteiger partial charge in [0.2, 0.25) is 0 Å². The summed E-state index contributed by atoms with van der Waals surface area (Å²) in [4.78, 5) is 22.6. The van der Waals surface area contributed by atoms with Crippen LogP contribution in [0.15, 0.2) is 72.8 Å². The van der Waals surface area contributed by atoms with Gasteiger partial charge in [0.15, 0.2) is 5.13 Å². The van der Waals surface area contributed by atoms with E-state index in [4.69, 9.17) is 14.5 Å². The maximum Gasteiger partial charge on any atom is 0.263 e. The van der Waals surface area contributed by atoms with Crippen molar-refractivity contribution < 1.29 is 14.3 Å². The van der Waals surface area contributed by atoms with Crippen LogP contribution in [-0.2, 0) is 0 Å². The van der Waals surface area contributed by atoms with Crippen LogP contribution >= 0.6 is 23.7 Å². The highest BCUT2D eigenvalue weighted by atomic mass is 35.5. The van der Waals surface area contributed by atoms with Crippen LogP contribution in [0.4, 0.5) is 5.13 Å². The number of thiazole rings is 1. The molecule has 0 saturated heterocycles. The Bertz CT molecular complexity index is 1250. The molecule has 1 amide bonds. The SMILES string of the molecule is CCOc1cccc2sc(N(CCCN(C)C)C(=O)c3ccccc3Oc3ccccc3)nc12.Cl. The van der Waals surface area contributed by atoms with E-state index < -0.39 is 0 Å². The van der Waals surface area contributed by atoms with Gasteiger partial charge in [0.1, 0.15) is 22.8 Å². The van der Waals surface area contributed by atoms with Crippen molar-refractivity contribution in [2.24, 2.45) is 0 Å². The number of rotatable bonds is 10. The summed E-state index contributed by atoms with van der Waals surface area (Å²) in [6.07, 6.45) is 0.814. The summed E-state index contributed by atoms with van der Waals surface area (Å²) in [6.45, 7) is 3.91. The Labute approximate surface area is 216 Å². The van der Waals surface area contributed by atoms with E-state index in [2.05, 4.69) is 4.90 Å². The van der Waals surface area contributed by atoms with Gasteiger partial charge in [0.05, 0.1) is 16.9 Å². The van der Waals surface area contributed by atoms with Gasteiger partial charge in [-0.25, -0.2) is 4.98 Å². The zero-order valence-corrected chi connectivity index (χ0v) is 21.8. The molecule has 1 aromatic heterocycles. The monoisotopic (exact) mass is 511 g/mol. The number of halogens is 1. The van der Waals surface area contributed by atoms with E-state index in [0.29, 0.717) is 35.3 Å². The molecule has 0 atom stereocenters. The molecule has 0 fully saturated rings. The maximum atomic E-state index is 13.9. The predicted molar refractivity (Wildman–Crippen MR) is 146 cm³/mol. The normalized spacial score (nSPS) is 10.7. The second kappa shape index (κ2) is 12.5. The number of aromatic nitrogens is 1. The molecule has 0 spiro atoms. The fourth-order valence-electron chi connectivity index (χ4n) is 3.62. The van der Waals surface area contributed by atoms with Gasteiger partial charge in [-0.3, -0.25) is 9.69 Å². The first-order chi connectivity index (χ1) is 16.6. The molecule has 35 heavy (non-hydrogen) atoms. The predicted octanol–water partition coefficient (Wildman–Crippen LogP) is 6.51. The summed E-state index contributed by atoms with van der Waals surface area (Å²) < 4.78 is 12.8. The van der Waals surface area contributed by atoms with Crippen LogP contribution in [0.2, 0.25) is 0 Å². The molecule has 184 valence electrons. The summed E-state index contributed by atoms with van der Waals surface area (Å²) in [7, 11) is 4.06. The third-order valence-electron chi connectivity index (χ3n) is 5.22. The third kappa shape index (κ3) is 6.51. The van der Waals surface area contributed by atoms with E-state index >= 15 is 0 Å². The van der Waals surface area contributed by atoms with Gasteiger partial charge in [-0.1, -0.05) is 47.7 Å². The van der Waals surface area contributed by atoms with Gasteiger partial charge in [0, 0.05) is 6.54 Å². The molecule has 0 aliphatic heterocycles. The second-order valence-electron chi connectivity index (χ2n) is 8.06. The molecule has 4 aromatic rings. The molecule has 0 aliphatic carbocycles. The first-order valence-corrected chi connectivity index (χ1v) is 12.2. The number of carbonyl (C=O) groups is 1. The third-order valence-corrected chi connectivity index (χ3v) is 6.27. The van der Waals surface area contributed by atoms with E-state index in [-0.39, 0.29) is 18.3 Å². The molecular weight excluding hydrogens is 482 g/mol. The average molecular weight is 512 g/mol. The highest BCUT2D eigenvalue weighted by Crippen LogP contribution is 2.36. The molecule has 6 nitrogen and oxygen atoms in total. The van der Waals surface area contributed by atoms with Crippen molar-refractivity contribution >= 4 is 45.0 Å². The smallest absolute Gasteiger partial charge is 0.263 e. The number of benzene rings is 3. The fourth-order valence-corrected chi connectivity index (χ4v) is 4.63. The minimum absolute atomic E-state index is 0. The summed E-state index contributed by atoms with van der Waals surface area (Å²) in [5.41, 5.74) is 1.28. The fraction of sp³-hybridized carbons (Fsp3) is 0.259. The summed E-state index contributed by atoms with van der Waals surface area (Å²) in [5, 5.41) is 0.653. The Morgan fingerprint density at radius 3 is 2.37 bits per heavy atom. The first-order valence-electron chi connectivity index (χ1n) is 11.4. The van der Waals surface area contributed by atoms with E-state index in [1.165, 1.54) is 11.3 Å². The van der Waals surface area contributed by atoms with Crippen LogP contribution in [0.25, 0.3) is 10.2 Å². The van der Waals surface area contributed by atoms with Gasteiger partial charge in [-0.15, -0.1) is 12.4 Å². The number of nitrogens with zero attached hydrogens (tertiary/aromatic N) is 3. The number of hydrogen-bond donors (Lipinski definition) is 0. The lowest BCUT2D eigenvalue weighted by Gasteiger charge is -2.22.